The van der Waals surface area contributed by atoms with Crippen molar-refractivity contribution in [3.05, 3.63) is 101 Å². The number of carbonyl (C=O) groups is 3. The van der Waals surface area contributed by atoms with E-state index in [0.717, 1.165) is 11.1 Å². The summed E-state index contributed by atoms with van der Waals surface area (Å²) in [5, 5.41) is 2.73. The number of carbonyl (C=O) groups excluding carboxylic acids is 3. The fraction of sp³-hybridized carbons (Fsp3) is 0.125. The van der Waals surface area contributed by atoms with Crippen molar-refractivity contribution in [2.24, 2.45) is 11.5 Å². The summed E-state index contributed by atoms with van der Waals surface area (Å²) in [4.78, 5) is 41.9. The highest BCUT2D eigenvalue weighted by Gasteiger charge is 2.24. The maximum Gasteiger partial charge on any atom is 0.354 e. The van der Waals surface area contributed by atoms with E-state index in [-0.39, 0.29) is 6.42 Å². The number of hydrogen-bond donors (Lipinski definition) is 4. The number of hydrogen-bond acceptors (Lipinski definition) is 6. The second-order valence-electron chi connectivity index (χ2n) is 7.08. The van der Waals surface area contributed by atoms with Gasteiger partial charge >= 0.3 is 5.97 Å². The number of rotatable bonds is 9. The van der Waals surface area contributed by atoms with E-state index in [0.29, 0.717) is 23.4 Å². The predicted octanol–water partition coefficient (Wildman–Crippen LogP) is 2.16. The van der Waals surface area contributed by atoms with Gasteiger partial charge in [0.1, 0.15) is 6.04 Å². The van der Waals surface area contributed by atoms with Crippen LogP contribution in [0.2, 0.25) is 0 Å². The van der Waals surface area contributed by atoms with Gasteiger partial charge in [0.2, 0.25) is 5.91 Å². The molecule has 0 unspecified atom stereocenters. The third kappa shape index (κ3) is 6.16. The Morgan fingerprint density at radius 1 is 0.812 bits per heavy atom. The lowest BCUT2D eigenvalue weighted by Crippen LogP contribution is -2.44. The molecule has 8 nitrogen and oxygen atoms in total. The summed E-state index contributed by atoms with van der Waals surface area (Å²) in [5.41, 5.74) is 16.3. The monoisotopic (exact) mass is 432 g/mol. The van der Waals surface area contributed by atoms with Crippen molar-refractivity contribution in [2.45, 2.75) is 19.0 Å². The first-order chi connectivity index (χ1) is 15.5. The number of primary amides is 1. The second-order valence-corrected chi connectivity index (χ2v) is 7.08. The minimum atomic E-state index is -0.934. The third-order valence-corrected chi connectivity index (χ3v) is 4.76. The minimum Gasteiger partial charge on any atom is -0.366 e. The molecule has 0 aliphatic carbocycles. The molecule has 0 spiro atoms. The molecule has 8 heteroatoms. The zero-order valence-corrected chi connectivity index (χ0v) is 17.3. The Bertz CT molecular complexity index is 1070. The van der Waals surface area contributed by atoms with Crippen LogP contribution in [0.5, 0.6) is 0 Å². The summed E-state index contributed by atoms with van der Waals surface area (Å²) in [6, 6.07) is 21.3. The molecular weight excluding hydrogens is 408 g/mol. The van der Waals surface area contributed by atoms with Crippen molar-refractivity contribution in [1.82, 2.24) is 5.32 Å². The lowest BCUT2D eigenvalue weighted by atomic mass is 10.1. The minimum absolute atomic E-state index is 0.245. The predicted molar refractivity (Wildman–Crippen MR) is 120 cm³/mol. The largest absolute Gasteiger partial charge is 0.366 e. The average Bonchev–Trinajstić information content (AvgIpc) is 2.83. The number of anilines is 1. The smallest absolute Gasteiger partial charge is 0.354 e. The van der Waals surface area contributed by atoms with Crippen LogP contribution >= 0.6 is 0 Å². The van der Waals surface area contributed by atoms with Gasteiger partial charge in [-0.05, 0) is 47.5 Å². The molecule has 0 aliphatic heterocycles. The number of nitrogens with two attached hydrogens (primary N) is 2. The van der Waals surface area contributed by atoms with Crippen LogP contribution in [-0.2, 0) is 22.6 Å². The van der Waals surface area contributed by atoms with Crippen LogP contribution in [0.15, 0.2) is 78.9 Å². The van der Waals surface area contributed by atoms with E-state index in [1.54, 1.807) is 36.4 Å². The molecule has 0 saturated carbocycles. The molecule has 0 heterocycles. The van der Waals surface area contributed by atoms with Gasteiger partial charge in [0.15, 0.2) is 0 Å². The first-order valence-corrected chi connectivity index (χ1v) is 9.96. The fourth-order valence-corrected chi connectivity index (χ4v) is 2.96. The molecular formula is C24H24N4O4. The number of benzene rings is 3. The van der Waals surface area contributed by atoms with Crippen molar-refractivity contribution in [3.63, 3.8) is 0 Å². The Hall–Kier alpha value is -4.17. The Labute approximate surface area is 185 Å². The standard InChI is InChI=1S/C24H24N4O4/c25-15-17-6-8-19(9-7-17)23(30)27-21(14-16-4-2-1-3-5-16)24(31)32-28-20-12-10-18(11-13-20)22(26)29/h1-13,21,28H,14-15,25H2,(H2,26,29)(H,27,30)/t21-/m0/s1. The van der Waals surface area contributed by atoms with E-state index in [1.165, 1.54) is 12.1 Å². The van der Waals surface area contributed by atoms with Crippen LogP contribution in [-0.4, -0.2) is 23.8 Å². The summed E-state index contributed by atoms with van der Waals surface area (Å²) >= 11 is 0. The first kappa shape index (κ1) is 22.5. The van der Waals surface area contributed by atoms with Gasteiger partial charge in [-0.2, -0.15) is 0 Å². The molecule has 3 aromatic rings. The van der Waals surface area contributed by atoms with Gasteiger partial charge in [0, 0.05) is 24.1 Å². The lowest BCUT2D eigenvalue weighted by Gasteiger charge is -2.18. The summed E-state index contributed by atoms with van der Waals surface area (Å²) < 4.78 is 0. The molecule has 0 radical (unpaired) electrons. The van der Waals surface area contributed by atoms with Gasteiger partial charge in [-0.15, -0.1) is 0 Å². The van der Waals surface area contributed by atoms with E-state index >= 15 is 0 Å². The van der Waals surface area contributed by atoms with Crippen LogP contribution in [0.4, 0.5) is 5.69 Å². The summed E-state index contributed by atoms with van der Waals surface area (Å²) in [7, 11) is 0. The van der Waals surface area contributed by atoms with Gasteiger partial charge in [0.25, 0.3) is 5.91 Å². The normalized spacial score (nSPS) is 11.3. The zero-order valence-electron chi connectivity index (χ0n) is 17.3. The molecule has 0 aromatic heterocycles. The van der Waals surface area contributed by atoms with Crippen molar-refractivity contribution in [3.8, 4) is 0 Å². The van der Waals surface area contributed by atoms with Gasteiger partial charge in [0.05, 0.1) is 5.69 Å². The molecule has 164 valence electrons. The van der Waals surface area contributed by atoms with E-state index in [4.69, 9.17) is 16.3 Å². The van der Waals surface area contributed by atoms with Crippen molar-refractivity contribution in [2.75, 3.05) is 5.48 Å². The molecule has 2 amide bonds. The molecule has 32 heavy (non-hydrogen) atoms. The van der Waals surface area contributed by atoms with Crippen LogP contribution < -0.4 is 22.3 Å². The van der Waals surface area contributed by atoms with Gasteiger partial charge < -0.3 is 21.6 Å². The molecule has 0 aliphatic rings. The molecule has 0 bridgehead atoms. The number of nitrogens with one attached hydrogen (secondary N) is 2. The fourth-order valence-electron chi connectivity index (χ4n) is 2.96. The Morgan fingerprint density at radius 2 is 1.44 bits per heavy atom. The summed E-state index contributed by atoms with van der Waals surface area (Å²) in [6.07, 6.45) is 0.245. The third-order valence-electron chi connectivity index (χ3n) is 4.76. The van der Waals surface area contributed by atoms with Gasteiger partial charge in [-0.1, -0.05) is 42.5 Å². The molecule has 6 N–H and O–H groups in total. The highest BCUT2D eigenvalue weighted by atomic mass is 16.7. The highest BCUT2D eigenvalue weighted by molar-refractivity contribution is 5.97. The SMILES string of the molecule is NCc1ccc(C(=O)N[C@@H](Cc2ccccc2)C(=O)ONc2ccc(C(N)=O)cc2)cc1. The van der Waals surface area contributed by atoms with E-state index < -0.39 is 23.8 Å². The zero-order chi connectivity index (χ0) is 22.9. The van der Waals surface area contributed by atoms with E-state index in [1.807, 2.05) is 30.3 Å². The first-order valence-electron chi connectivity index (χ1n) is 9.96. The Balaban J connectivity index is 1.70. The van der Waals surface area contributed by atoms with Crippen LogP contribution in [0.1, 0.15) is 31.8 Å². The van der Waals surface area contributed by atoms with Gasteiger partial charge in [-0.3, -0.25) is 9.59 Å². The molecule has 3 aromatic carbocycles. The van der Waals surface area contributed by atoms with Gasteiger partial charge in [-0.25, -0.2) is 10.3 Å². The maximum atomic E-state index is 12.8. The van der Waals surface area contributed by atoms with Crippen LogP contribution in [0, 0.1) is 0 Å². The van der Waals surface area contributed by atoms with Crippen LogP contribution in [0.3, 0.4) is 0 Å². The highest BCUT2D eigenvalue weighted by Crippen LogP contribution is 2.11. The topological polar surface area (TPSA) is 137 Å². The van der Waals surface area contributed by atoms with E-state index in [9.17, 15) is 14.4 Å². The Kier molecular flexibility index (Phi) is 7.55. The lowest BCUT2D eigenvalue weighted by molar-refractivity contribution is -0.142. The molecule has 0 fully saturated rings. The second kappa shape index (κ2) is 10.7. The summed E-state index contributed by atoms with van der Waals surface area (Å²) in [5.74, 6) is -1.63. The summed E-state index contributed by atoms with van der Waals surface area (Å²) in [6.45, 7) is 0.372. The molecule has 0 saturated heterocycles. The molecule has 3 rings (SSSR count). The average molecular weight is 432 g/mol. The van der Waals surface area contributed by atoms with Crippen molar-refractivity contribution in [1.29, 1.82) is 0 Å². The molecule has 1 atom stereocenters. The van der Waals surface area contributed by atoms with Crippen LogP contribution in [0.25, 0.3) is 0 Å². The van der Waals surface area contributed by atoms with E-state index in [2.05, 4.69) is 10.8 Å². The van der Waals surface area contributed by atoms with Crippen molar-refractivity contribution >= 4 is 23.5 Å². The Morgan fingerprint density at radius 3 is 2.03 bits per heavy atom. The maximum absolute atomic E-state index is 12.8. The van der Waals surface area contributed by atoms with Crippen molar-refractivity contribution < 1.29 is 19.2 Å². The number of amides is 2. The quantitative estimate of drug-likeness (QED) is 0.383.